The quantitative estimate of drug-likeness (QED) is 0.230. The molecule has 0 radical (unpaired) electrons. The first kappa shape index (κ1) is 29.2. The number of halogens is 2. The lowest BCUT2D eigenvalue weighted by molar-refractivity contribution is 0.0984. The molecular weight excluding hydrogens is 577 g/mol. The fourth-order valence-electron chi connectivity index (χ4n) is 5.64. The Kier molecular flexibility index (Phi) is 7.32. The zero-order chi connectivity index (χ0) is 31.3. The number of pyridine rings is 1. The van der Waals surface area contributed by atoms with E-state index in [0.29, 0.717) is 49.8 Å². The average molecular weight is 606 g/mol. The largest absolute Gasteiger partial charge is 0.392 e. The third-order valence-corrected chi connectivity index (χ3v) is 8.28. The van der Waals surface area contributed by atoms with Gasteiger partial charge in [-0.1, -0.05) is 56.6 Å². The number of rotatable bonds is 4. The molecule has 1 aliphatic heterocycles. The molecule has 0 saturated heterocycles. The predicted octanol–water partition coefficient (Wildman–Crippen LogP) is 7.49. The van der Waals surface area contributed by atoms with Crippen LogP contribution in [0.15, 0.2) is 71.9 Å². The normalized spacial score (nSPS) is 13.2. The molecule has 2 aromatic heterocycles. The van der Waals surface area contributed by atoms with Gasteiger partial charge in [-0.25, -0.2) is 9.37 Å². The van der Waals surface area contributed by atoms with Crippen molar-refractivity contribution in [1.82, 2.24) is 9.55 Å². The maximum atomic E-state index is 15.6. The van der Waals surface area contributed by atoms with Crippen LogP contribution in [0.2, 0.25) is 5.02 Å². The van der Waals surface area contributed by atoms with Crippen molar-refractivity contribution in [3.8, 4) is 23.0 Å². The van der Waals surface area contributed by atoms with E-state index in [1.165, 1.54) is 17.2 Å². The third kappa shape index (κ3) is 4.84. The maximum absolute atomic E-state index is 15.6. The lowest BCUT2D eigenvalue weighted by Gasteiger charge is -2.25. The first-order valence-electron chi connectivity index (χ1n) is 14.1. The topological polar surface area (TPSA) is 94.5 Å². The van der Waals surface area contributed by atoms with Crippen molar-refractivity contribution in [3.05, 3.63) is 111 Å². The maximum Gasteiger partial charge on any atom is 0.263 e. The van der Waals surface area contributed by atoms with Crippen molar-refractivity contribution in [2.45, 2.75) is 39.7 Å². The summed E-state index contributed by atoms with van der Waals surface area (Å²) in [6.45, 7) is 7.33. The minimum Gasteiger partial charge on any atom is -0.392 e. The number of amides is 1. The molecule has 0 saturated carbocycles. The fourth-order valence-corrected chi connectivity index (χ4v) is 5.87. The summed E-state index contributed by atoms with van der Waals surface area (Å²) in [4.78, 5) is 24.7. The molecule has 7 nitrogen and oxygen atoms in total. The van der Waals surface area contributed by atoms with Gasteiger partial charge in [0.1, 0.15) is 24.2 Å². The summed E-state index contributed by atoms with van der Waals surface area (Å²) in [5, 5.41) is 21.9. The summed E-state index contributed by atoms with van der Waals surface area (Å²) >= 11 is 6.52. The number of anilines is 1. The summed E-state index contributed by atoms with van der Waals surface area (Å²) in [5.41, 5.74) is 5.19. The van der Waals surface area contributed by atoms with Crippen LogP contribution in [-0.2, 0) is 12.0 Å². The van der Waals surface area contributed by atoms with E-state index in [0.717, 1.165) is 16.7 Å². The van der Waals surface area contributed by atoms with Crippen molar-refractivity contribution in [2.24, 2.45) is 4.99 Å². The zero-order valence-corrected chi connectivity index (χ0v) is 25.4. The summed E-state index contributed by atoms with van der Waals surface area (Å²) in [6.07, 6.45) is 3.19. The smallest absolute Gasteiger partial charge is 0.263 e. The van der Waals surface area contributed by atoms with E-state index >= 15 is 4.39 Å². The Balaban J connectivity index is 1.52. The number of aliphatic imine (C=N–C) groups is 1. The second-order valence-corrected chi connectivity index (χ2v) is 12.2. The molecule has 3 aromatic carbocycles. The van der Waals surface area contributed by atoms with Crippen molar-refractivity contribution < 1.29 is 14.3 Å². The van der Waals surface area contributed by atoms with E-state index < -0.39 is 18.3 Å². The van der Waals surface area contributed by atoms with Crippen molar-refractivity contribution in [3.63, 3.8) is 0 Å². The average Bonchev–Trinajstić information content (AvgIpc) is 3.25. The zero-order valence-electron chi connectivity index (χ0n) is 24.7. The van der Waals surface area contributed by atoms with Gasteiger partial charge in [0.25, 0.3) is 5.91 Å². The van der Waals surface area contributed by atoms with Crippen LogP contribution < -0.4 is 4.90 Å². The minimum atomic E-state index is -0.626. The van der Waals surface area contributed by atoms with Gasteiger partial charge in [0.05, 0.1) is 34.8 Å². The van der Waals surface area contributed by atoms with Gasteiger partial charge >= 0.3 is 0 Å². The monoisotopic (exact) mass is 605 g/mol. The molecule has 220 valence electrons. The Hall–Kier alpha value is -4.84. The molecule has 9 heteroatoms. The minimum absolute atomic E-state index is 0.0712. The Morgan fingerprint density at radius 1 is 1.09 bits per heavy atom. The van der Waals surface area contributed by atoms with Gasteiger partial charge in [0, 0.05) is 39.5 Å². The Bertz CT molecular complexity index is 2050. The molecule has 6 rings (SSSR count). The molecule has 3 heterocycles. The van der Waals surface area contributed by atoms with Gasteiger partial charge in [0.2, 0.25) is 0 Å². The van der Waals surface area contributed by atoms with Gasteiger partial charge in [0.15, 0.2) is 0 Å². The van der Waals surface area contributed by atoms with E-state index in [1.54, 1.807) is 41.1 Å². The number of nitriles is 1. The van der Waals surface area contributed by atoms with Crippen LogP contribution in [0.1, 0.15) is 58.9 Å². The number of aryl methyl sites for hydroxylation is 1. The van der Waals surface area contributed by atoms with Crippen molar-refractivity contribution in [1.29, 1.82) is 5.26 Å². The van der Waals surface area contributed by atoms with Crippen LogP contribution in [0.25, 0.3) is 28.0 Å². The first-order chi connectivity index (χ1) is 21.0. The molecule has 1 N–H and O–H groups in total. The SMILES string of the molecule is Cc1cc2c(C#N)cn(-c3cccc(N4CN=Cc5cc(C(C)(C)C)cc(F)c5C4=O)c3CO)c2nc1-c1ccccc1Cl. The fraction of sp³-hybridized carbons (Fsp3) is 0.200. The van der Waals surface area contributed by atoms with E-state index in [9.17, 15) is 15.2 Å². The first-order valence-corrected chi connectivity index (χ1v) is 14.5. The van der Waals surface area contributed by atoms with E-state index in [2.05, 4.69) is 11.1 Å². The number of aliphatic hydroxyl groups is 1. The molecule has 0 unspecified atom stereocenters. The molecular formula is C35H29ClFN5O2. The highest BCUT2D eigenvalue weighted by atomic mass is 35.5. The lowest BCUT2D eigenvalue weighted by Crippen LogP contribution is -2.32. The summed E-state index contributed by atoms with van der Waals surface area (Å²) in [5.74, 6) is -1.19. The van der Waals surface area contributed by atoms with E-state index in [-0.39, 0.29) is 17.6 Å². The number of fused-ring (bicyclic) bond motifs is 2. The highest BCUT2D eigenvalue weighted by molar-refractivity contribution is 6.33. The van der Waals surface area contributed by atoms with Gasteiger partial charge in [-0.05, 0) is 59.9 Å². The van der Waals surface area contributed by atoms with Crippen LogP contribution in [0.4, 0.5) is 10.1 Å². The summed E-state index contributed by atoms with van der Waals surface area (Å²) < 4.78 is 17.3. The number of carbonyl (C=O) groups is 1. The van der Waals surface area contributed by atoms with Crippen LogP contribution in [0, 0.1) is 24.1 Å². The van der Waals surface area contributed by atoms with Crippen LogP contribution in [0.5, 0.6) is 0 Å². The second-order valence-electron chi connectivity index (χ2n) is 11.8. The summed E-state index contributed by atoms with van der Waals surface area (Å²) in [7, 11) is 0. The number of hydrogen-bond acceptors (Lipinski definition) is 5. The van der Waals surface area contributed by atoms with Gasteiger partial charge < -0.3 is 5.11 Å². The number of nitrogens with zero attached hydrogens (tertiary/aromatic N) is 5. The Morgan fingerprint density at radius 2 is 1.84 bits per heavy atom. The number of carbonyl (C=O) groups excluding carboxylic acids is 1. The third-order valence-electron chi connectivity index (χ3n) is 7.95. The predicted molar refractivity (Wildman–Crippen MR) is 171 cm³/mol. The highest BCUT2D eigenvalue weighted by Gasteiger charge is 2.30. The van der Waals surface area contributed by atoms with Gasteiger partial charge in [-0.15, -0.1) is 0 Å². The van der Waals surface area contributed by atoms with Crippen LogP contribution in [0.3, 0.4) is 0 Å². The molecule has 5 aromatic rings. The van der Waals surface area contributed by atoms with Crippen LogP contribution in [-0.4, -0.2) is 33.4 Å². The molecule has 1 amide bonds. The molecule has 0 fully saturated rings. The molecule has 44 heavy (non-hydrogen) atoms. The second kappa shape index (κ2) is 11.0. The number of aliphatic hydroxyl groups excluding tert-OH is 1. The number of hydrogen-bond donors (Lipinski definition) is 1. The van der Waals surface area contributed by atoms with E-state index in [1.807, 2.05) is 52.0 Å². The lowest BCUT2D eigenvalue weighted by atomic mass is 9.85. The number of benzene rings is 3. The van der Waals surface area contributed by atoms with Gasteiger partial charge in [-0.3, -0.25) is 19.3 Å². The molecule has 0 bridgehead atoms. The van der Waals surface area contributed by atoms with Crippen molar-refractivity contribution >= 4 is 40.4 Å². The Morgan fingerprint density at radius 3 is 2.55 bits per heavy atom. The molecule has 1 aliphatic rings. The van der Waals surface area contributed by atoms with E-state index in [4.69, 9.17) is 16.6 Å². The van der Waals surface area contributed by atoms with Crippen LogP contribution >= 0.6 is 11.6 Å². The van der Waals surface area contributed by atoms with Crippen molar-refractivity contribution in [2.75, 3.05) is 11.6 Å². The molecule has 0 aliphatic carbocycles. The molecule has 0 spiro atoms. The highest BCUT2D eigenvalue weighted by Crippen LogP contribution is 2.36. The standard InChI is InChI=1S/C35H29ClFN5O2/c1-20-12-25-22(15-38)17-41(33(25)40-32(20)24-8-5-6-9-27(24)36)29-10-7-11-30(26(29)18-43)42-19-39-16-21-13-23(35(2,3)4)14-28(37)31(21)34(42)44/h5-14,16-17,43H,18-19H2,1-4H3. The van der Waals surface area contributed by atoms with Gasteiger partial charge in [-0.2, -0.15) is 5.26 Å². The Labute approximate surface area is 259 Å². The molecule has 0 atom stereocenters. The number of aromatic nitrogens is 2. The summed E-state index contributed by atoms with van der Waals surface area (Å²) in [6, 6.07) is 20.0.